The summed E-state index contributed by atoms with van der Waals surface area (Å²) in [5.74, 6) is 0.952. The van der Waals surface area contributed by atoms with Gasteiger partial charge in [0.25, 0.3) is 0 Å². The summed E-state index contributed by atoms with van der Waals surface area (Å²) in [7, 11) is 0. The van der Waals surface area contributed by atoms with Crippen LogP contribution in [0.25, 0.3) is 0 Å². The molecule has 0 aliphatic carbocycles. The van der Waals surface area contributed by atoms with Crippen molar-refractivity contribution in [1.82, 2.24) is 0 Å². The van der Waals surface area contributed by atoms with Gasteiger partial charge in [0, 0.05) is 6.61 Å². The number of hydrogen-bond donors (Lipinski definition) is 2. The minimum absolute atomic E-state index is 0. The molecular weight excluding hydrogens is 150 g/mol. The third-order valence-corrected chi connectivity index (χ3v) is 1.71. The maximum Gasteiger partial charge on any atom is 0.0462 e. The highest BCUT2D eigenvalue weighted by Gasteiger charge is 2.09. The fourth-order valence-corrected chi connectivity index (χ4v) is 0.850. The van der Waals surface area contributed by atoms with Crippen LogP contribution in [0.5, 0.6) is 0 Å². The van der Waals surface area contributed by atoms with Crippen molar-refractivity contribution < 1.29 is 5.11 Å². The summed E-state index contributed by atoms with van der Waals surface area (Å²) in [4.78, 5) is 0. The SMILES string of the molecule is CC(C)C(CO)CCN.Cl. The van der Waals surface area contributed by atoms with Gasteiger partial charge < -0.3 is 10.8 Å². The Morgan fingerprint density at radius 1 is 1.40 bits per heavy atom. The zero-order chi connectivity index (χ0) is 7.28. The molecular formula is C7H18ClNO. The smallest absolute Gasteiger partial charge is 0.0462 e. The maximum atomic E-state index is 8.77. The lowest BCUT2D eigenvalue weighted by atomic mass is 9.94. The first-order valence-electron chi connectivity index (χ1n) is 3.53. The van der Waals surface area contributed by atoms with Crippen LogP contribution in [-0.4, -0.2) is 18.3 Å². The average Bonchev–Trinajstić information content (AvgIpc) is 1.82. The van der Waals surface area contributed by atoms with Gasteiger partial charge in [0.15, 0.2) is 0 Å². The molecule has 64 valence electrons. The molecule has 1 unspecified atom stereocenters. The van der Waals surface area contributed by atoms with Crippen LogP contribution < -0.4 is 5.73 Å². The largest absolute Gasteiger partial charge is 0.396 e. The van der Waals surface area contributed by atoms with Crippen LogP contribution >= 0.6 is 12.4 Å². The molecule has 0 bridgehead atoms. The van der Waals surface area contributed by atoms with E-state index < -0.39 is 0 Å². The molecule has 0 aromatic carbocycles. The van der Waals surface area contributed by atoms with Crippen LogP contribution in [0.4, 0.5) is 0 Å². The van der Waals surface area contributed by atoms with Gasteiger partial charge in [-0.3, -0.25) is 0 Å². The molecule has 0 heterocycles. The molecule has 3 N–H and O–H groups in total. The van der Waals surface area contributed by atoms with Gasteiger partial charge >= 0.3 is 0 Å². The van der Waals surface area contributed by atoms with E-state index in [-0.39, 0.29) is 19.0 Å². The average molecular weight is 168 g/mol. The van der Waals surface area contributed by atoms with Crippen LogP contribution in [0.3, 0.4) is 0 Å². The van der Waals surface area contributed by atoms with Crippen molar-refractivity contribution >= 4 is 12.4 Å². The highest BCUT2D eigenvalue weighted by Crippen LogP contribution is 2.12. The van der Waals surface area contributed by atoms with Crippen molar-refractivity contribution in [3.05, 3.63) is 0 Å². The fourth-order valence-electron chi connectivity index (χ4n) is 0.850. The number of rotatable bonds is 4. The van der Waals surface area contributed by atoms with Crippen molar-refractivity contribution in [3.63, 3.8) is 0 Å². The third-order valence-electron chi connectivity index (χ3n) is 1.71. The molecule has 0 aliphatic rings. The molecule has 0 aromatic rings. The predicted octanol–water partition coefficient (Wildman–Crippen LogP) is 1.02. The lowest BCUT2D eigenvalue weighted by Gasteiger charge is -2.16. The molecule has 3 heteroatoms. The van der Waals surface area contributed by atoms with E-state index in [1.165, 1.54) is 0 Å². The molecule has 0 saturated heterocycles. The minimum Gasteiger partial charge on any atom is -0.396 e. The fraction of sp³-hybridized carbons (Fsp3) is 1.00. The zero-order valence-corrected chi connectivity index (χ0v) is 7.53. The molecule has 0 aromatic heterocycles. The summed E-state index contributed by atoms with van der Waals surface area (Å²) in [6, 6.07) is 0. The van der Waals surface area contributed by atoms with Crippen molar-refractivity contribution in [2.24, 2.45) is 17.6 Å². The van der Waals surface area contributed by atoms with Gasteiger partial charge in [-0.25, -0.2) is 0 Å². The van der Waals surface area contributed by atoms with Gasteiger partial charge in [-0.15, -0.1) is 12.4 Å². The molecule has 0 aliphatic heterocycles. The topological polar surface area (TPSA) is 46.2 Å². The van der Waals surface area contributed by atoms with Gasteiger partial charge in [-0.1, -0.05) is 13.8 Å². The zero-order valence-electron chi connectivity index (χ0n) is 6.71. The Hall–Kier alpha value is 0.210. The van der Waals surface area contributed by atoms with Crippen molar-refractivity contribution in [2.75, 3.05) is 13.2 Å². The Morgan fingerprint density at radius 3 is 2.00 bits per heavy atom. The summed E-state index contributed by atoms with van der Waals surface area (Å²) < 4.78 is 0. The molecule has 1 atom stereocenters. The second kappa shape index (κ2) is 7.32. The van der Waals surface area contributed by atoms with Crippen molar-refractivity contribution in [3.8, 4) is 0 Å². The van der Waals surface area contributed by atoms with E-state index in [2.05, 4.69) is 13.8 Å². The van der Waals surface area contributed by atoms with Crippen LogP contribution in [0, 0.1) is 11.8 Å². The molecule has 10 heavy (non-hydrogen) atoms. The number of aliphatic hydroxyl groups is 1. The summed E-state index contributed by atoms with van der Waals surface area (Å²) in [5, 5.41) is 8.77. The van der Waals surface area contributed by atoms with Crippen LogP contribution in [-0.2, 0) is 0 Å². The Morgan fingerprint density at radius 2 is 1.90 bits per heavy atom. The Labute approximate surface area is 69.2 Å². The van der Waals surface area contributed by atoms with Gasteiger partial charge in [-0.2, -0.15) is 0 Å². The first-order chi connectivity index (χ1) is 4.22. The van der Waals surface area contributed by atoms with Gasteiger partial charge in [0.2, 0.25) is 0 Å². The molecule has 0 saturated carbocycles. The Bertz CT molecular complexity index is 68.6. The van der Waals surface area contributed by atoms with Crippen molar-refractivity contribution in [2.45, 2.75) is 20.3 Å². The van der Waals surface area contributed by atoms with Gasteiger partial charge in [0.05, 0.1) is 0 Å². The van der Waals surface area contributed by atoms with Crippen LogP contribution in [0.2, 0.25) is 0 Å². The number of hydrogen-bond acceptors (Lipinski definition) is 2. The maximum absolute atomic E-state index is 8.77. The summed E-state index contributed by atoms with van der Waals surface area (Å²) in [6.07, 6.45) is 0.939. The van der Waals surface area contributed by atoms with Gasteiger partial charge in [-0.05, 0) is 24.8 Å². The number of aliphatic hydroxyl groups excluding tert-OH is 1. The lowest BCUT2D eigenvalue weighted by molar-refractivity contribution is 0.183. The predicted molar refractivity (Wildman–Crippen MR) is 46.3 cm³/mol. The van der Waals surface area contributed by atoms with E-state index >= 15 is 0 Å². The molecule has 0 spiro atoms. The molecule has 0 rings (SSSR count). The number of halogens is 1. The second-order valence-corrected chi connectivity index (χ2v) is 2.76. The molecule has 0 amide bonds. The van der Waals surface area contributed by atoms with Crippen LogP contribution in [0.15, 0.2) is 0 Å². The highest BCUT2D eigenvalue weighted by atomic mass is 35.5. The number of nitrogens with two attached hydrogens (primary N) is 1. The summed E-state index contributed by atoms with van der Waals surface area (Å²) in [5.41, 5.74) is 5.33. The monoisotopic (exact) mass is 167 g/mol. The van der Waals surface area contributed by atoms with Crippen LogP contribution in [0.1, 0.15) is 20.3 Å². The van der Waals surface area contributed by atoms with Gasteiger partial charge in [0.1, 0.15) is 0 Å². The molecule has 0 fully saturated rings. The summed E-state index contributed by atoms with van der Waals surface area (Å²) in [6.45, 7) is 5.17. The van der Waals surface area contributed by atoms with E-state index in [0.717, 1.165) is 6.42 Å². The molecule has 0 radical (unpaired) electrons. The Kier molecular flexibility index (Phi) is 9.40. The quantitative estimate of drug-likeness (QED) is 0.657. The minimum atomic E-state index is 0. The third kappa shape index (κ3) is 5.03. The Balaban J connectivity index is 0. The van der Waals surface area contributed by atoms with E-state index in [0.29, 0.717) is 18.4 Å². The standard InChI is InChI=1S/C7H17NO.ClH/c1-6(2)7(5-9)3-4-8;/h6-7,9H,3-5,8H2,1-2H3;1H. The second-order valence-electron chi connectivity index (χ2n) is 2.76. The normalized spacial score (nSPS) is 12.9. The van der Waals surface area contributed by atoms with E-state index in [1.807, 2.05) is 0 Å². The summed E-state index contributed by atoms with van der Waals surface area (Å²) >= 11 is 0. The first kappa shape index (κ1) is 12.8. The van der Waals surface area contributed by atoms with E-state index in [9.17, 15) is 0 Å². The van der Waals surface area contributed by atoms with E-state index in [4.69, 9.17) is 10.8 Å². The van der Waals surface area contributed by atoms with Crippen molar-refractivity contribution in [1.29, 1.82) is 0 Å². The molecule has 2 nitrogen and oxygen atoms in total. The first-order valence-corrected chi connectivity index (χ1v) is 3.53. The lowest BCUT2D eigenvalue weighted by Crippen LogP contribution is -2.17. The van der Waals surface area contributed by atoms with E-state index in [1.54, 1.807) is 0 Å². The highest BCUT2D eigenvalue weighted by molar-refractivity contribution is 5.85.